The Hall–Kier alpha value is -2.90. The van der Waals surface area contributed by atoms with E-state index in [1.807, 2.05) is 48.5 Å². The summed E-state index contributed by atoms with van der Waals surface area (Å²) < 4.78 is 2.09. The van der Waals surface area contributed by atoms with Gasteiger partial charge in [-0.2, -0.15) is 10.4 Å². The first-order chi connectivity index (χ1) is 14.6. The first-order valence-corrected chi connectivity index (χ1v) is 10.9. The second kappa shape index (κ2) is 7.41. The van der Waals surface area contributed by atoms with Crippen molar-refractivity contribution in [2.75, 3.05) is 0 Å². The van der Waals surface area contributed by atoms with E-state index in [0.29, 0.717) is 31.6 Å². The van der Waals surface area contributed by atoms with Gasteiger partial charge in [-0.1, -0.05) is 60.7 Å². The molecule has 30 heavy (non-hydrogen) atoms. The Balaban J connectivity index is 1.44. The maximum Gasteiger partial charge on any atom is 0.108 e. The van der Waals surface area contributed by atoms with Crippen molar-refractivity contribution in [2.24, 2.45) is 5.92 Å². The summed E-state index contributed by atoms with van der Waals surface area (Å²) in [6.07, 6.45) is 4.89. The van der Waals surface area contributed by atoms with E-state index in [9.17, 15) is 10.4 Å². The van der Waals surface area contributed by atoms with Gasteiger partial charge in [0.2, 0.25) is 0 Å². The average molecular weight is 398 g/mol. The minimum Gasteiger partial charge on any atom is -0.383 e. The molecule has 0 spiro atoms. The number of rotatable bonds is 5. The summed E-state index contributed by atoms with van der Waals surface area (Å²) in [4.78, 5) is 0. The third-order valence-corrected chi connectivity index (χ3v) is 6.93. The third kappa shape index (κ3) is 3.44. The van der Waals surface area contributed by atoms with Gasteiger partial charge in [0.05, 0.1) is 22.9 Å². The van der Waals surface area contributed by atoms with Gasteiger partial charge < -0.3 is 5.11 Å². The highest BCUT2D eigenvalue weighted by Crippen LogP contribution is 2.47. The van der Waals surface area contributed by atoms with Gasteiger partial charge in [-0.15, -0.1) is 0 Å². The quantitative estimate of drug-likeness (QED) is 0.645. The average Bonchev–Trinajstić information content (AvgIpc) is 3.52. The van der Waals surface area contributed by atoms with Gasteiger partial charge in [0.1, 0.15) is 5.60 Å². The van der Waals surface area contributed by atoms with E-state index in [1.54, 1.807) is 0 Å². The number of aromatic nitrogens is 2. The number of benzene rings is 2. The van der Waals surface area contributed by atoms with Gasteiger partial charge in [-0.05, 0) is 61.6 Å². The zero-order chi connectivity index (χ0) is 20.6. The zero-order valence-electron chi connectivity index (χ0n) is 17.2. The largest absolute Gasteiger partial charge is 0.383 e. The molecule has 0 atom stereocenters. The van der Waals surface area contributed by atoms with Crippen molar-refractivity contribution in [3.63, 3.8) is 0 Å². The highest BCUT2D eigenvalue weighted by atomic mass is 16.3. The van der Waals surface area contributed by atoms with Crippen molar-refractivity contribution in [1.29, 1.82) is 5.26 Å². The van der Waals surface area contributed by atoms with Crippen LogP contribution in [-0.4, -0.2) is 14.9 Å². The van der Waals surface area contributed by atoms with Crippen LogP contribution in [0.1, 0.15) is 49.8 Å². The molecule has 4 heteroatoms. The second-order valence-electron chi connectivity index (χ2n) is 9.00. The normalized spacial score (nSPS) is 26.3. The van der Waals surface area contributed by atoms with E-state index in [1.165, 1.54) is 12.8 Å². The molecular formula is C26H27N3O. The smallest absolute Gasteiger partial charge is 0.108 e. The standard InChI is InChI=1S/C26H27N3O/c27-19-25(22-9-5-2-6-10-22)13-15-26(30,16-14-25)24-17-23(21-7-3-1-4-8-21)29(28-24)18-20-11-12-20/h1-10,17,20,30H,11-16,18H2/t25-,26+. The fraction of sp³-hybridized carbons (Fsp3) is 0.385. The van der Waals surface area contributed by atoms with Crippen LogP contribution >= 0.6 is 0 Å². The van der Waals surface area contributed by atoms with Crippen LogP contribution in [-0.2, 0) is 17.6 Å². The monoisotopic (exact) mass is 397 g/mol. The summed E-state index contributed by atoms with van der Waals surface area (Å²) in [6, 6.07) is 25.0. The molecule has 0 amide bonds. The number of aliphatic hydroxyl groups is 1. The molecule has 152 valence electrons. The van der Waals surface area contributed by atoms with E-state index in [0.717, 1.165) is 29.1 Å². The topological polar surface area (TPSA) is 61.8 Å². The van der Waals surface area contributed by atoms with Crippen LogP contribution in [0.3, 0.4) is 0 Å². The van der Waals surface area contributed by atoms with Gasteiger partial charge in [0.15, 0.2) is 0 Å². The lowest BCUT2D eigenvalue weighted by Gasteiger charge is -2.39. The molecule has 2 aromatic carbocycles. The Morgan fingerprint density at radius 3 is 2.20 bits per heavy atom. The van der Waals surface area contributed by atoms with E-state index >= 15 is 0 Å². The fourth-order valence-electron chi connectivity index (χ4n) is 4.74. The lowest BCUT2D eigenvalue weighted by Crippen LogP contribution is -2.39. The molecule has 0 aliphatic heterocycles. The maximum atomic E-state index is 11.6. The van der Waals surface area contributed by atoms with Crippen molar-refractivity contribution in [3.05, 3.63) is 78.0 Å². The number of hydrogen-bond acceptors (Lipinski definition) is 3. The summed E-state index contributed by atoms with van der Waals surface area (Å²) in [5.74, 6) is 0.700. The van der Waals surface area contributed by atoms with Crippen LogP contribution in [0.5, 0.6) is 0 Å². The van der Waals surface area contributed by atoms with E-state index < -0.39 is 11.0 Å². The lowest BCUT2D eigenvalue weighted by atomic mass is 9.65. The molecule has 1 aromatic heterocycles. The summed E-state index contributed by atoms with van der Waals surface area (Å²) in [6.45, 7) is 0.909. The molecule has 2 aliphatic rings. The fourth-order valence-corrected chi connectivity index (χ4v) is 4.74. The van der Waals surface area contributed by atoms with Crippen molar-refractivity contribution in [2.45, 2.75) is 56.1 Å². The van der Waals surface area contributed by atoms with E-state index in [2.05, 4.69) is 29.0 Å². The van der Waals surface area contributed by atoms with Crippen molar-refractivity contribution >= 4 is 0 Å². The van der Waals surface area contributed by atoms with E-state index in [-0.39, 0.29) is 0 Å². The Labute approximate surface area is 177 Å². The molecule has 0 unspecified atom stereocenters. The van der Waals surface area contributed by atoms with Crippen molar-refractivity contribution in [1.82, 2.24) is 9.78 Å². The maximum absolute atomic E-state index is 11.6. The molecule has 4 nitrogen and oxygen atoms in total. The zero-order valence-corrected chi connectivity index (χ0v) is 17.2. The number of nitriles is 1. The molecule has 0 radical (unpaired) electrons. The van der Waals surface area contributed by atoms with Crippen LogP contribution in [0.15, 0.2) is 66.7 Å². The van der Waals surface area contributed by atoms with Crippen LogP contribution in [0.4, 0.5) is 0 Å². The minimum atomic E-state index is -0.979. The predicted octanol–water partition coefficient (Wildman–Crippen LogP) is 5.18. The van der Waals surface area contributed by atoms with Crippen LogP contribution in [0.25, 0.3) is 11.3 Å². The molecule has 0 bridgehead atoms. The highest BCUT2D eigenvalue weighted by Gasteiger charge is 2.45. The lowest BCUT2D eigenvalue weighted by molar-refractivity contribution is -0.0180. The molecule has 2 saturated carbocycles. The first kappa shape index (κ1) is 19.1. The first-order valence-electron chi connectivity index (χ1n) is 10.9. The third-order valence-electron chi connectivity index (χ3n) is 6.93. The van der Waals surface area contributed by atoms with Gasteiger partial charge in [0.25, 0.3) is 0 Å². The molecule has 2 aliphatic carbocycles. The second-order valence-corrected chi connectivity index (χ2v) is 9.00. The molecule has 2 fully saturated rings. The predicted molar refractivity (Wildman–Crippen MR) is 116 cm³/mol. The molecule has 3 aromatic rings. The SMILES string of the molecule is N#C[C@]1(c2ccccc2)CC[C@](O)(c2cc(-c3ccccc3)n(CC3CC3)n2)CC1. The summed E-state index contributed by atoms with van der Waals surface area (Å²) >= 11 is 0. The Kier molecular flexibility index (Phi) is 4.72. The Morgan fingerprint density at radius 1 is 0.967 bits per heavy atom. The molecule has 0 saturated heterocycles. The Morgan fingerprint density at radius 2 is 1.60 bits per heavy atom. The summed E-state index contributed by atoms with van der Waals surface area (Å²) in [7, 11) is 0. The number of nitrogens with zero attached hydrogens (tertiary/aromatic N) is 3. The Bertz CT molecular complexity index is 1050. The molecule has 5 rings (SSSR count). The van der Waals surface area contributed by atoms with Crippen LogP contribution < -0.4 is 0 Å². The van der Waals surface area contributed by atoms with Gasteiger partial charge >= 0.3 is 0 Å². The summed E-state index contributed by atoms with van der Waals surface area (Å²) in [5, 5.41) is 26.4. The summed E-state index contributed by atoms with van der Waals surface area (Å²) in [5.41, 5.74) is 2.51. The van der Waals surface area contributed by atoms with E-state index in [4.69, 9.17) is 5.10 Å². The minimum absolute atomic E-state index is 0.521. The van der Waals surface area contributed by atoms with Crippen molar-refractivity contribution < 1.29 is 5.11 Å². The van der Waals surface area contributed by atoms with Crippen LogP contribution in [0, 0.1) is 17.2 Å². The van der Waals surface area contributed by atoms with Gasteiger partial charge in [0, 0.05) is 6.54 Å². The highest BCUT2D eigenvalue weighted by molar-refractivity contribution is 5.60. The number of hydrogen-bond donors (Lipinski definition) is 1. The van der Waals surface area contributed by atoms with Gasteiger partial charge in [-0.3, -0.25) is 4.68 Å². The van der Waals surface area contributed by atoms with Crippen LogP contribution in [0.2, 0.25) is 0 Å². The molecule has 1 N–H and O–H groups in total. The molecular weight excluding hydrogens is 370 g/mol. The van der Waals surface area contributed by atoms with Gasteiger partial charge in [-0.25, -0.2) is 0 Å². The van der Waals surface area contributed by atoms with Crippen molar-refractivity contribution in [3.8, 4) is 17.3 Å². The molecule has 1 heterocycles.